The number of nitrogens with one attached hydrogen (secondary N) is 2. The Morgan fingerprint density at radius 2 is 1.79 bits per heavy atom. The summed E-state index contributed by atoms with van der Waals surface area (Å²) in [6.07, 6.45) is 4.69. The van der Waals surface area contributed by atoms with Gasteiger partial charge in [-0.3, -0.25) is 14.4 Å². The molecule has 2 amide bonds. The molecule has 1 saturated heterocycles. The predicted octanol–water partition coefficient (Wildman–Crippen LogP) is 3.67. The number of amides is 2. The van der Waals surface area contributed by atoms with E-state index in [4.69, 9.17) is 0 Å². The highest BCUT2D eigenvalue weighted by atomic mass is 19.1. The number of halogens is 1. The number of hydrogen-bond donors (Lipinski definition) is 2. The lowest BCUT2D eigenvalue weighted by Crippen LogP contribution is -2.47. The van der Waals surface area contributed by atoms with Crippen molar-refractivity contribution in [2.24, 2.45) is 7.05 Å². The van der Waals surface area contributed by atoms with E-state index in [0.29, 0.717) is 54.0 Å². The smallest absolute Gasteiger partial charge is 0.294 e. The number of hydrogen-bond acceptors (Lipinski definition) is 6. The molecule has 1 saturated carbocycles. The van der Waals surface area contributed by atoms with Crippen molar-refractivity contribution in [1.29, 1.82) is 0 Å². The fourth-order valence-corrected chi connectivity index (χ4v) is 5.15. The number of nitrogens with zero attached hydrogens (tertiary/aromatic N) is 4. The molecule has 1 aliphatic carbocycles. The summed E-state index contributed by atoms with van der Waals surface area (Å²) in [5, 5.41) is 13.8. The Morgan fingerprint density at radius 3 is 2.42 bits per heavy atom. The first-order valence-corrected chi connectivity index (χ1v) is 12.9. The van der Waals surface area contributed by atoms with E-state index >= 15 is 0 Å². The first-order valence-electron chi connectivity index (χ1n) is 12.9. The molecule has 2 aliphatic rings. The van der Waals surface area contributed by atoms with Crippen molar-refractivity contribution >= 4 is 29.1 Å². The molecule has 0 bridgehead atoms. The molecule has 0 spiro atoms. The van der Waals surface area contributed by atoms with Gasteiger partial charge in [-0.25, -0.2) is 4.39 Å². The van der Waals surface area contributed by atoms with Crippen molar-refractivity contribution in [2.45, 2.75) is 51.5 Å². The molecule has 9 nitrogen and oxygen atoms in total. The fourth-order valence-electron chi connectivity index (χ4n) is 5.15. The average Bonchev–Trinajstić information content (AvgIpc) is 3.72. The summed E-state index contributed by atoms with van der Waals surface area (Å²) in [5.74, 6) is -1.18. The van der Waals surface area contributed by atoms with Crippen LogP contribution in [0.3, 0.4) is 0 Å². The van der Waals surface area contributed by atoms with Gasteiger partial charge in [-0.15, -0.1) is 5.10 Å². The number of Topliss-reactive ketones (excluding diaryl/α,β-unsaturated/α-hetero) is 1. The van der Waals surface area contributed by atoms with E-state index in [2.05, 4.69) is 25.7 Å². The van der Waals surface area contributed by atoms with Gasteiger partial charge in [-0.2, -0.15) is 5.10 Å². The van der Waals surface area contributed by atoms with Gasteiger partial charge < -0.3 is 20.1 Å². The van der Waals surface area contributed by atoms with E-state index in [9.17, 15) is 18.8 Å². The molecule has 1 aromatic carbocycles. The van der Waals surface area contributed by atoms with Crippen molar-refractivity contribution in [3.63, 3.8) is 0 Å². The van der Waals surface area contributed by atoms with Crippen molar-refractivity contribution in [2.75, 3.05) is 23.3 Å². The number of ketones is 1. The second-order valence-electron chi connectivity index (χ2n) is 10.1. The van der Waals surface area contributed by atoms with Crippen LogP contribution in [0.2, 0.25) is 0 Å². The topological polar surface area (TPSA) is 109 Å². The van der Waals surface area contributed by atoms with Crippen molar-refractivity contribution in [1.82, 2.24) is 20.1 Å². The van der Waals surface area contributed by atoms with Gasteiger partial charge in [0.15, 0.2) is 5.82 Å². The molecule has 0 unspecified atom stereocenters. The van der Waals surface area contributed by atoms with Crippen LogP contribution in [-0.4, -0.2) is 51.5 Å². The first-order chi connectivity index (χ1) is 18.2. The molecule has 2 N–H and O–H groups in total. The van der Waals surface area contributed by atoms with E-state index in [1.54, 1.807) is 37.7 Å². The molecular weight excluding hydrogens is 487 g/mol. The number of rotatable bonds is 7. The number of aryl methyl sites for hydroxylation is 1. The summed E-state index contributed by atoms with van der Waals surface area (Å²) in [5.41, 5.74) is 2.79. The van der Waals surface area contributed by atoms with Gasteiger partial charge in [0.25, 0.3) is 17.6 Å². The monoisotopic (exact) mass is 518 g/mol. The number of benzene rings is 1. The van der Waals surface area contributed by atoms with Crippen LogP contribution in [-0.2, 0) is 11.8 Å². The van der Waals surface area contributed by atoms with E-state index < -0.39 is 11.7 Å². The average molecular weight is 519 g/mol. The van der Waals surface area contributed by atoms with Gasteiger partial charge in [-0.1, -0.05) is 0 Å². The normalized spacial score (nSPS) is 15.8. The molecule has 5 rings (SSSR count). The molecule has 3 aromatic rings. The predicted molar refractivity (Wildman–Crippen MR) is 141 cm³/mol. The SMILES string of the molecule is Cc1cc(NC(=O)c2c(C3CC3)c(C(=O)C(=O)NC3CCN(c4cccnn4)CC3)n(C)c2C)ccc1F. The maximum atomic E-state index is 13.7. The third-order valence-electron chi connectivity index (χ3n) is 7.49. The number of carbonyl (C=O) groups excluding carboxylic acids is 3. The lowest BCUT2D eigenvalue weighted by molar-refractivity contribution is -0.117. The maximum Gasteiger partial charge on any atom is 0.294 e. The fraction of sp³-hybridized carbons (Fsp3) is 0.393. The quantitative estimate of drug-likeness (QED) is 0.365. The second kappa shape index (κ2) is 10.4. The summed E-state index contributed by atoms with van der Waals surface area (Å²) in [4.78, 5) is 42.1. The molecule has 2 fully saturated rings. The Labute approximate surface area is 220 Å². The molecule has 10 heteroatoms. The Kier molecular flexibility index (Phi) is 6.96. The molecule has 2 aromatic heterocycles. The van der Waals surface area contributed by atoms with Gasteiger partial charge in [0.05, 0.1) is 11.3 Å². The summed E-state index contributed by atoms with van der Waals surface area (Å²) in [6, 6.07) is 7.99. The van der Waals surface area contributed by atoms with E-state index in [1.807, 2.05) is 12.1 Å². The van der Waals surface area contributed by atoms with Crippen molar-refractivity contribution in [3.05, 3.63) is 70.4 Å². The standard InChI is InChI=1S/C28H31FN6O3/c1-16-15-20(8-9-21(16)29)32-27(37)23-17(2)34(3)25(24(23)18-6-7-18)26(36)28(38)31-19-10-13-35(14-11-19)22-5-4-12-30-33-22/h4-5,8-9,12,15,18-19H,6-7,10-11,13-14H2,1-3H3,(H,31,38)(H,32,37). The Bertz CT molecular complexity index is 1390. The van der Waals surface area contributed by atoms with Crippen LogP contribution in [0.4, 0.5) is 15.9 Å². The molecule has 1 aliphatic heterocycles. The lowest BCUT2D eigenvalue weighted by atomic mass is 10.00. The summed E-state index contributed by atoms with van der Waals surface area (Å²) < 4.78 is 15.3. The number of anilines is 2. The zero-order chi connectivity index (χ0) is 27.0. The van der Waals surface area contributed by atoms with Gasteiger partial charge in [0.2, 0.25) is 0 Å². The summed E-state index contributed by atoms with van der Waals surface area (Å²) in [7, 11) is 1.71. The number of carbonyl (C=O) groups is 3. The van der Waals surface area contributed by atoms with Crippen LogP contribution in [0.15, 0.2) is 36.5 Å². The summed E-state index contributed by atoms with van der Waals surface area (Å²) in [6.45, 7) is 4.79. The number of aromatic nitrogens is 3. The minimum Gasteiger partial charge on any atom is -0.355 e. The van der Waals surface area contributed by atoms with E-state index in [0.717, 1.165) is 18.7 Å². The van der Waals surface area contributed by atoms with Gasteiger partial charge in [0, 0.05) is 43.8 Å². The Hall–Kier alpha value is -4.08. The van der Waals surface area contributed by atoms with Crippen molar-refractivity contribution in [3.8, 4) is 0 Å². The molecule has 3 heterocycles. The van der Waals surface area contributed by atoms with Crippen LogP contribution < -0.4 is 15.5 Å². The van der Waals surface area contributed by atoms with Crippen molar-refractivity contribution < 1.29 is 18.8 Å². The highest BCUT2D eigenvalue weighted by molar-refractivity contribution is 6.43. The second-order valence-corrected chi connectivity index (χ2v) is 10.1. The Morgan fingerprint density at radius 1 is 1.05 bits per heavy atom. The highest BCUT2D eigenvalue weighted by Crippen LogP contribution is 2.45. The van der Waals surface area contributed by atoms with E-state index in [1.165, 1.54) is 12.1 Å². The zero-order valence-corrected chi connectivity index (χ0v) is 21.8. The van der Waals surface area contributed by atoms with E-state index in [-0.39, 0.29) is 29.4 Å². The molecule has 0 atom stereocenters. The Balaban J connectivity index is 1.32. The van der Waals surface area contributed by atoms with Gasteiger partial charge in [-0.05, 0) is 86.9 Å². The van der Waals surface area contributed by atoms with Gasteiger partial charge >= 0.3 is 0 Å². The lowest BCUT2D eigenvalue weighted by Gasteiger charge is -2.32. The first kappa shape index (κ1) is 25.6. The summed E-state index contributed by atoms with van der Waals surface area (Å²) >= 11 is 0. The highest BCUT2D eigenvalue weighted by Gasteiger charge is 2.39. The largest absolute Gasteiger partial charge is 0.355 e. The molecule has 198 valence electrons. The third-order valence-corrected chi connectivity index (χ3v) is 7.49. The minimum atomic E-state index is -0.661. The van der Waals surface area contributed by atoms with Crippen LogP contribution in [0.25, 0.3) is 0 Å². The van der Waals surface area contributed by atoms with Crippen LogP contribution >= 0.6 is 0 Å². The van der Waals surface area contributed by atoms with Crippen LogP contribution in [0.1, 0.15) is 69.3 Å². The van der Waals surface area contributed by atoms with Gasteiger partial charge in [0.1, 0.15) is 5.82 Å². The third kappa shape index (κ3) is 5.03. The number of piperidine rings is 1. The minimum absolute atomic E-state index is 0.0487. The zero-order valence-electron chi connectivity index (χ0n) is 21.8. The van der Waals surface area contributed by atoms with Crippen LogP contribution in [0, 0.1) is 19.7 Å². The van der Waals surface area contributed by atoms with Crippen LogP contribution in [0.5, 0.6) is 0 Å². The molecule has 0 radical (unpaired) electrons. The molecular formula is C28H31FN6O3. The molecule has 38 heavy (non-hydrogen) atoms. The maximum absolute atomic E-state index is 13.7.